The second kappa shape index (κ2) is 4.98. The molecule has 8 heteroatoms. The monoisotopic (exact) mass is 324 g/mol. The first kappa shape index (κ1) is 14.8. The van der Waals surface area contributed by atoms with Gasteiger partial charge in [-0.25, -0.2) is 13.2 Å². The third-order valence-corrected chi connectivity index (χ3v) is 5.72. The van der Waals surface area contributed by atoms with E-state index in [0.717, 1.165) is 0 Å². The summed E-state index contributed by atoms with van der Waals surface area (Å²) < 4.78 is 29.4. The van der Waals surface area contributed by atoms with Crippen LogP contribution >= 0.6 is 0 Å². The largest absolute Gasteiger partial charge is 0.420 e. The maximum absolute atomic E-state index is 12.2. The minimum absolute atomic E-state index is 0.0678. The second-order valence-electron chi connectivity index (χ2n) is 5.87. The number of nitrogens with zero attached hydrogens (tertiary/aromatic N) is 1. The van der Waals surface area contributed by atoms with E-state index in [0.29, 0.717) is 17.5 Å². The number of amides is 1. The van der Waals surface area contributed by atoms with E-state index in [1.807, 2.05) is 0 Å². The van der Waals surface area contributed by atoms with Gasteiger partial charge in [0.1, 0.15) is 6.54 Å². The fourth-order valence-electron chi connectivity index (χ4n) is 2.79. The van der Waals surface area contributed by atoms with Crippen molar-refractivity contribution in [3.63, 3.8) is 0 Å². The molecular formula is C14H16N2O5S. The number of benzene rings is 1. The van der Waals surface area contributed by atoms with Crippen LogP contribution in [-0.4, -0.2) is 35.9 Å². The van der Waals surface area contributed by atoms with Crippen molar-refractivity contribution in [1.82, 2.24) is 9.88 Å². The lowest BCUT2D eigenvalue weighted by atomic mass is 10.0. The Hall–Kier alpha value is -2.09. The molecule has 22 heavy (non-hydrogen) atoms. The van der Waals surface area contributed by atoms with Crippen LogP contribution in [0.25, 0.3) is 11.1 Å². The molecule has 1 aromatic heterocycles. The van der Waals surface area contributed by atoms with Crippen LogP contribution in [0.15, 0.2) is 33.5 Å². The van der Waals surface area contributed by atoms with Crippen molar-refractivity contribution in [2.24, 2.45) is 0 Å². The first-order chi connectivity index (χ1) is 10.3. The number of aromatic nitrogens is 1. The predicted molar refractivity (Wildman–Crippen MR) is 80.3 cm³/mol. The highest BCUT2D eigenvalue weighted by Gasteiger charge is 2.39. The number of carbonyl (C=O) groups excluding carboxylic acids is 1. The number of fused-ring (bicyclic) bond motifs is 1. The molecule has 1 amide bonds. The summed E-state index contributed by atoms with van der Waals surface area (Å²) in [6.45, 7) is 1.50. The van der Waals surface area contributed by atoms with Gasteiger partial charge in [-0.05, 0) is 25.5 Å². The molecule has 7 nitrogen and oxygen atoms in total. The maximum atomic E-state index is 12.2. The van der Waals surface area contributed by atoms with Gasteiger partial charge in [0.25, 0.3) is 0 Å². The number of hydrogen-bond donors (Lipinski definition) is 1. The minimum atomic E-state index is -3.11. The summed E-state index contributed by atoms with van der Waals surface area (Å²) >= 11 is 0. The molecule has 0 radical (unpaired) electrons. The zero-order valence-corrected chi connectivity index (χ0v) is 12.9. The van der Waals surface area contributed by atoms with Crippen LogP contribution in [0.1, 0.15) is 13.3 Å². The van der Waals surface area contributed by atoms with E-state index in [1.54, 1.807) is 31.2 Å². The molecule has 1 unspecified atom stereocenters. The molecule has 1 fully saturated rings. The molecule has 2 aromatic rings. The third kappa shape index (κ3) is 2.78. The van der Waals surface area contributed by atoms with Gasteiger partial charge in [0.15, 0.2) is 15.4 Å². The van der Waals surface area contributed by atoms with Crippen LogP contribution in [0.3, 0.4) is 0 Å². The molecule has 0 spiro atoms. The third-order valence-electron chi connectivity index (χ3n) is 3.82. The fourth-order valence-corrected chi connectivity index (χ4v) is 4.89. The van der Waals surface area contributed by atoms with Crippen molar-refractivity contribution in [3.05, 3.63) is 34.8 Å². The average Bonchev–Trinajstić information content (AvgIpc) is 2.87. The fraction of sp³-hybridized carbons (Fsp3) is 0.429. The molecule has 1 aliphatic rings. The van der Waals surface area contributed by atoms with Crippen LogP contribution in [0.4, 0.5) is 0 Å². The van der Waals surface area contributed by atoms with E-state index in [9.17, 15) is 18.0 Å². The molecule has 1 saturated heterocycles. The highest BCUT2D eigenvalue weighted by molar-refractivity contribution is 7.91. The van der Waals surface area contributed by atoms with Crippen LogP contribution in [0.5, 0.6) is 0 Å². The second-order valence-corrected chi connectivity index (χ2v) is 8.06. The van der Waals surface area contributed by atoms with Gasteiger partial charge in [-0.1, -0.05) is 12.1 Å². The average molecular weight is 324 g/mol. The van der Waals surface area contributed by atoms with E-state index >= 15 is 0 Å². The first-order valence-corrected chi connectivity index (χ1v) is 8.70. The van der Waals surface area contributed by atoms with Gasteiger partial charge in [0, 0.05) is 0 Å². The van der Waals surface area contributed by atoms with Gasteiger partial charge in [-0.15, -0.1) is 0 Å². The molecule has 0 saturated carbocycles. The van der Waals surface area contributed by atoms with Gasteiger partial charge >= 0.3 is 5.76 Å². The summed E-state index contributed by atoms with van der Waals surface area (Å²) in [5, 5.41) is 2.72. The summed E-state index contributed by atoms with van der Waals surface area (Å²) in [5.41, 5.74) is 0.167. The summed E-state index contributed by atoms with van der Waals surface area (Å²) in [6, 6.07) is 6.82. The number of rotatable bonds is 3. The van der Waals surface area contributed by atoms with Crippen LogP contribution < -0.4 is 11.1 Å². The van der Waals surface area contributed by atoms with Gasteiger partial charge in [0.05, 0.1) is 22.6 Å². The summed E-state index contributed by atoms with van der Waals surface area (Å²) in [7, 11) is -3.11. The Bertz CT molecular complexity index is 895. The normalized spacial score (nSPS) is 23.7. The number of hydrogen-bond acceptors (Lipinski definition) is 5. The minimum Gasteiger partial charge on any atom is -0.408 e. The first-order valence-electron chi connectivity index (χ1n) is 6.88. The Morgan fingerprint density at radius 2 is 2.14 bits per heavy atom. The van der Waals surface area contributed by atoms with Crippen LogP contribution in [-0.2, 0) is 21.2 Å². The Morgan fingerprint density at radius 3 is 2.82 bits per heavy atom. The number of carbonyl (C=O) groups is 1. The van der Waals surface area contributed by atoms with Crippen molar-refractivity contribution < 1.29 is 17.6 Å². The lowest BCUT2D eigenvalue weighted by Gasteiger charge is -2.23. The Morgan fingerprint density at radius 1 is 1.41 bits per heavy atom. The zero-order valence-electron chi connectivity index (χ0n) is 12.0. The number of para-hydroxylation sites is 2. The van der Waals surface area contributed by atoms with Crippen LogP contribution in [0, 0.1) is 0 Å². The zero-order chi connectivity index (χ0) is 16.0. The van der Waals surface area contributed by atoms with E-state index in [-0.39, 0.29) is 18.1 Å². The topological polar surface area (TPSA) is 98.4 Å². The lowest BCUT2D eigenvalue weighted by molar-refractivity contribution is -0.123. The van der Waals surface area contributed by atoms with Crippen molar-refractivity contribution in [3.8, 4) is 0 Å². The van der Waals surface area contributed by atoms with Gasteiger partial charge < -0.3 is 9.73 Å². The highest BCUT2D eigenvalue weighted by atomic mass is 32.2. The van der Waals surface area contributed by atoms with E-state index in [1.165, 1.54) is 4.57 Å². The van der Waals surface area contributed by atoms with Crippen LogP contribution in [0.2, 0.25) is 0 Å². The van der Waals surface area contributed by atoms with Crippen molar-refractivity contribution in [2.45, 2.75) is 25.4 Å². The van der Waals surface area contributed by atoms with Gasteiger partial charge in [0.2, 0.25) is 5.91 Å². The standard InChI is InChI=1S/C14H16N2O5S/c1-14(6-7-22(19,20)9-14)15-12(17)8-16-10-4-2-3-5-11(10)21-13(16)18/h2-5H,6-9H2,1H3,(H,15,17). The molecule has 1 N–H and O–H groups in total. The predicted octanol–water partition coefficient (Wildman–Crippen LogP) is 0.288. The highest BCUT2D eigenvalue weighted by Crippen LogP contribution is 2.22. The van der Waals surface area contributed by atoms with Crippen molar-refractivity contribution in [2.75, 3.05) is 11.5 Å². The van der Waals surface area contributed by atoms with E-state index in [4.69, 9.17) is 4.42 Å². The summed E-state index contributed by atoms with van der Waals surface area (Å²) in [4.78, 5) is 24.0. The van der Waals surface area contributed by atoms with Gasteiger partial charge in [-0.3, -0.25) is 9.36 Å². The molecule has 0 bridgehead atoms. The molecule has 1 atom stereocenters. The van der Waals surface area contributed by atoms with Gasteiger partial charge in [-0.2, -0.15) is 0 Å². The molecule has 118 valence electrons. The quantitative estimate of drug-likeness (QED) is 0.875. The molecule has 1 aliphatic heterocycles. The summed E-state index contributed by atoms with van der Waals surface area (Å²) in [6.07, 6.45) is 0.377. The maximum Gasteiger partial charge on any atom is 0.420 e. The molecule has 1 aromatic carbocycles. The smallest absolute Gasteiger partial charge is 0.408 e. The number of oxazole rings is 1. The molecular weight excluding hydrogens is 308 g/mol. The molecule has 2 heterocycles. The van der Waals surface area contributed by atoms with Crippen molar-refractivity contribution >= 4 is 26.8 Å². The lowest BCUT2D eigenvalue weighted by Crippen LogP contribution is -2.48. The Balaban J connectivity index is 1.80. The molecule has 0 aliphatic carbocycles. The van der Waals surface area contributed by atoms with E-state index < -0.39 is 27.0 Å². The Kier molecular flexibility index (Phi) is 3.36. The van der Waals surface area contributed by atoms with E-state index in [2.05, 4.69) is 5.32 Å². The number of nitrogens with one attached hydrogen (secondary N) is 1. The molecule has 3 rings (SSSR count). The summed E-state index contributed by atoms with van der Waals surface area (Å²) in [5.74, 6) is -1.03. The number of sulfone groups is 1. The van der Waals surface area contributed by atoms with Crippen molar-refractivity contribution in [1.29, 1.82) is 0 Å². The Labute approximate surface area is 126 Å². The SMILES string of the molecule is CC1(NC(=O)Cn2c(=O)oc3ccccc32)CCS(=O)(=O)C1.